The summed E-state index contributed by atoms with van der Waals surface area (Å²) in [6, 6.07) is 0. The van der Waals surface area contributed by atoms with Crippen LogP contribution < -0.4 is 4.89 Å². The standard InChI is InChI=1S/C55H104NO7P/c1-6-8-10-12-14-16-18-20-22-24-26-27-28-29-30-31-33-35-37-39-41-43-45-47-50-60-52-54(53-62-64(58,59)61-51-49-56(3,4)5)63-55(57)48-46-44-42-40-38-36-34-32-25-23-21-19-17-15-13-11-9-7-2/h18,20,23-26,28-29,54H,6-17,19,21-22,27,30-53H2,1-5H3/b20-18-,25-23-,26-24-,29-28-. The minimum absolute atomic E-state index is 0.0233. The molecule has 64 heavy (non-hydrogen) atoms. The molecule has 0 aromatic carbocycles. The van der Waals surface area contributed by atoms with E-state index >= 15 is 0 Å². The molecular weight excluding hydrogens is 818 g/mol. The van der Waals surface area contributed by atoms with E-state index in [2.05, 4.69) is 62.5 Å². The quantitative estimate of drug-likeness (QED) is 0.0197. The predicted octanol–water partition coefficient (Wildman–Crippen LogP) is 16.0. The number of carbonyl (C=O) groups is 1. The molecule has 376 valence electrons. The van der Waals surface area contributed by atoms with Crippen LogP contribution in [0.25, 0.3) is 0 Å². The molecule has 0 aromatic rings. The van der Waals surface area contributed by atoms with Gasteiger partial charge in [-0.15, -0.1) is 0 Å². The zero-order chi connectivity index (χ0) is 46.9. The van der Waals surface area contributed by atoms with Crippen molar-refractivity contribution in [2.45, 2.75) is 245 Å². The molecule has 0 aliphatic carbocycles. The fourth-order valence-corrected chi connectivity index (χ4v) is 8.16. The first-order chi connectivity index (χ1) is 31.1. The predicted molar refractivity (Wildman–Crippen MR) is 273 cm³/mol. The van der Waals surface area contributed by atoms with Crippen molar-refractivity contribution in [3.8, 4) is 0 Å². The Bertz CT molecular complexity index is 1160. The summed E-state index contributed by atoms with van der Waals surface area (Å²) in [5.74, 6) is -0.339. The largest absolute Gasteiger partial charge is 0.756 e. The number of hydrogen-bond donors (Lipinski definition) is 0. The minimum Gasteiger partial charge on any atom is -0.756 e. The normalized spacial score (nSPS) is 13.9. The maximum absolute atomic E-state index is 12.8. The Morgan fingerprint density at radius 3 is 1.30 bits per heavy atom. The lowest BCUT2D eigenvalue weighted by molar-refractivity contribution is -0.870. The van der Waals surface area contributed by atoms with E-state index in [1.165, 1.54) is 173 Å². The third-order valence-electron chi connectivity index (χ3n) is 11.6. The van der Waals surface area contributed by atoms with Crippen LogP contribution in [0.15, 0.2) is 48.6 Å². The second-order valence-corrected chi connectivity index (χ2v) is 20.6. The number of allylic oxidation sites excluding steroid dienone is 8. The van der Waals surface area contributed by atoms with Gasteiger partial charge in [-0.05, 0) is 77.0 Å². The average molecular weight is 922 g/mol. The maximum atomic E-state index is 12.8. The van der Waals surface area contributed by atoms with Crippen LogP contribution in [-0.2, 0) is 27.9 Å². The molecule has 8 nitrogen and oxygen atoms in total. The molecule has 0 spiro atoms. The molecule has 0 aromatic heterocycles. The molecule has 0 bridgehead atoms. The Morgan fingerprint density at radius 1 is 0.484 bits per heavy atom. The third-order valence-corrected chi connectivity index (χ3v) is 12.6. The Labute approximate surface area is 397 Å². The number of esters is 1. The van der Waals surface area contributed by atoms with Gasteiger partial charge in [0, 0.05) is 13.0 Å². The van der Waals surface area contributed by atoms with Crippen molar-refractivity contribution in [1.82, 2.24) is 0 Å². The summed E-state index contributed by atoms with van der Waals surface area (Å²) in [5.41, 5.74) is 0. The molecule has 0 aliphatic rings. The van der Waals surface area contributed by atoms with Crippen LogP contribution >= 0.6 is 7.82 Å². The Hall–Kier alpha value is -1.54. The highest BCUT2D eigenvalue weighted by Crippen LogP contribution is 2.38. The highest BCUT2D eigenvalue weighted by atomic mass is 31.2. The zero-order valence-electron chi connectivity index (χ0n) is 42.7. The molecule has 0 fully saturated rings. The minimum atomic E-state index is -4.54. The number of hydrogen-bond acceptors (Lipinski definition) is 7. The number of rotatable bonds is 50. The lowest BCUT2D eigenvalue weighted by Gasteiger charge is -2.28. The molecule has 0 rings (SSSR count). The molecule has 0 N–H and O–H groups in total. The van der Waals surface area contributed by atoms with Crippen LogP contribution in [-0.4, -0.2) is 70.7 Å². The number of unbranched alkanes of at least 4 members (excludes halogenated alkanes) is 28. The van der Waals surface area contributed by atoms with E-state index in [0.717, 1.165) is 44.9 Å². The van der Waals surface area contributed by atoms with Gasteiger partial charge in [-0.3, -0.25) is 9.36 Å². The van der Waals surface area contributed by atoms with Gasteiger partial charge in [-0.25, -0.2) is 0 Å². The second kappa shape index (κ2) is 47.9. The molecular formula is C55H104NO7P. The zero-order valence-corrected chi connectivity index (χ0v) is 43.6. The van der Waals surface area contributed by atoms with Crippen LogP contribution in [0, 0.1) is 0 Å². The molecule has 0 radical (unpaired) electrons. The monoisotopic (exact) mass is 922 g/mol. The summed E-state index contributed by atoms with van der Waals surface area (Å²) in [4.78, 5) is 25.2. The van der Waals surface area contributed by atoms with Gasteiger partial charge in [-0.2, -0.15) is 0 Å². The highest BCUT2D eigenvalue weighted by Gasteiger charge is 2.20. The Balaban J connectivity index is 4.13. The second-order valence-electron chi connectivity index (χ2n) is 19.2. The van der Waals surface area contributed by atoms with Gasteiger partial charge in [0.1, 0.15) is 19.3 Å². The van der Waals surface area contributed by atoms with Crippen molar-refractivity contribution in [3.05, 3.63) is 48.6 Å². The summed E-state index contributed by atoms with van der Waals surface area (Å²) in [5, 5.41) is 0. The van der Waals surface area contributed by atoms with E-state index in [0.29, 0.717) is 24.1 Å². The summed E-state index contributed by atoms with van der Waals surface area (Å²) in [6.45, 7) is 5.41. The van der Waals surface area contributed by atoms with Crippen LogP contribution in [0.5, 0.6) is 0 Å². The molecule has 0 heterocycles. The average Bonchev–Trinajstić information content (AvgIpc) is 3.25. The van der Waals surface area contributed by atoms with E-state index in [-0.39, 0.29) is 25.8 Å². The Morgan fingerprint density at radius 2 is 0.859 bits per heavy atom. The fraction of sp³-hybridized carbons (Fsp3) is 0.836. The molecule has 0 amide bonds. The van der Waals surface area contributed by atoms with Crippen molar-refractivity contribution in [2.24, 2.45) is 0 Å². The lowest BCUT2D eigenvalue weighted by atomic mass is 10.1. The highest BCUT2D eigenvalue weighted by molar-refractivity contribution is 7.45. The van der Waals surface area contributed by atoms with Gasteiger partial charge in [0.2, 0.25) is 0 Å². The summed E-state index contributed by atoms with van der Waals surface area (Å²) in [6.07, 6.45) is 59.9. The number of ether oxygens (including phenoxy) is 2. The fourth-order valence-electron chi connectivity index (χ4n) is 7.43. The topological polar surface area (TPSA) is 94.1 Å². The number of phosphoric acid groups is 1. The summed E-state index contributed by atoms with van der Waals surface area (Å²) >= 11 is 0. The molecule has 0 saturated heterocycles. The number of phosphoric ester groups is 1. The molecule has 2 atom stereocenters. The van der Waals surface area contributed by atoms with Crippen LogP contribution in [0.4, 0.5) is 0 Å². The van der Waals surface area contributed by atoms with E-state index in [1.54, 1.807) is 0 Å². The Kier molecular flexibility index (Phi) is 46.8. The molecule has 0 aliphatic heterocycles. The number of quaternary nitrogens is 1. The van der Waals surface area contributed by atoms with Crippen LogP contribution in [0.3, 0.4) is 0 Å². The third kappa shape index (κ3) is 51.4. The first-order valence-electron chi connectivity index (χ1n) is 26.9. The van der Waals surface area contributed by atoms with Crippen molar-refractivity contribution >= 4 is 13.8 Å². The maximum Gasteiger partial charge on any atom is 0.306 e. The van der Waals surface area contributed by atoms with Crippen molar-refractivity contribution < 1.29 is 37.3 Å². The van der Waals surface area contributed by atoms with Crippen LogP contribution in [0.2, 0.25) is 0 Å². The SMILES string of the molecule is CCCCCCC/C=C\C/C=C\C/C=C\CCCCCCCCCCCOCC(COP(=O)([O-])OCC[N+](C)(C)C)OC(=O)CCCCCCCCC/C=C\CCCCCCCCC. The van der Waals surface area contributed by atoms with Crippen molar-refractivity contribution in [3.63, 3.8) is 0 Å². The van der Waals surface area contributed by atoms with E-state index < -0.39 is 13.9 Å². The van der Waals surface area contributed by atoms with E-state index in [1.807, 2.05) is 21.1 Å². The van der Waals surface area contributed by atoms with Crippen molar-refractivity contribution in [2.75, 3.05) is 54.1 Å². The molecule has 2 unspecified atom stereocenters. The first-order valence-corrected chi connectivity index (χ1v) is 28.3. The molecule has 0 saturated carbocycles. The van der Waals surface area contributed by atoms with Gasteiger partial charge in [0.25, 0.3) is 7.82 Å². The van der Waals surface area contributed by atoms with Gasteiger partial charge >= 0.3 is 5.97 Å². The van der Waals surface area contributed by atoms with E-state index in [4.69, 9.17) is 18.5 Å². The lowest BCUT2D eigenvalue weighted by Crippen LogP contribution is -2.37. The smallest absolute Gasteiger partial charge is 0.306 e. The van der Waals surface area contributed by atoms with Gasteiger partial charge < -0.3 is 27.9 Å². The molecule has 9 heteroatoms. The van der Waals surface area contributed by atoms with Crippen LogP contribution in [0.1, 0.15) is 239 Å². The number of nitrogens with zero attached hydrogens (tertiary/aromatic N) is 1. The summed E-state index contributed by atoms with van der Waals surface area (Å²) in [7, 11) is 1.35. The van der Waals surface area contributed by atoms with Gasteiger partial charge in [0.05, 0.1) is 34.4 Å². The number of carbonyl (C=O) groups excluding carboxylic acids is 1. The summed E-state index contributed by atoms with van der Waals surface area (Å²) < 4.78 is 34.8. The first kappa shape index (κ1) is 62.5. The van der Waals surface area contributed by atoms with Gasteiger partial charge in [-0.1, -0.05) is 204 Å². The van der Waals surface area contributed by atoms with Gasteiger partial charge in [0.15, 0.2) is 0 Å². The van der Waals surface area contributed by atoms with Crippen molar-refractivity contribution in [1.29, 1.82) is 0 Å². The number of likely N-dealkylation sites (N-methyl/N-ethyl adjacent to an activating group) is 1. The van der Waals surface area contributed by atoms with E-state index in [9.17, 15) is 14.3 Å².